The molecule has 0 atom stereocenters. The molecule has 0 amide bonds. The van der Waals surface area contributed by atoms with Crippen LogP contribution in [0.5, 0.6) is 0 Å². The van der Waals surface area contributed by atoms with E-state index in [0.29, 0.717) is 25.6 Å². The molecule has 7 heteroatoms. The number of aromatic amines is 1. The first kappa shape index (κ1) is 17.3. The second kappa shape index (κ2) is 8.51. The third kappa shape index (κ3) is 5.26. The number of H-pyrrole nitrogens is 1. The van der Waals surface area contributed by atoms with E-state index in [-0.39, 0.29) is 11.5 Å². The average Bonchev–Trinajstić information content (AvgIpc) is 2.41. The van der Waals surface area contributed by atoms with E-state index in [2.05, 4.69) is 24.1 Å². The number of nitrogens with two attached hydrogens (primary N) is 1. The van der Waals surface area contributed by atoms with Gasteiger partial charge in [0.15, 0.2) is 0 Å². The van der Waals surface area contributed by atoms with E-state index in [9.17, 15) is 9.59 Å². The van der Waals surface area contributed by atoms with Crippen molar-refractivity contribution in [3.63, 3.8) is 0 Å². The Kier molecular flexibility index (Phi) is 7.01. The summed E-state index contributed by atoms with van der Waals surface area (Å²) in [4.78, 5) is 25.7. The minimum Gasteiger partial charge on any atom is -0.383 e. The predicted molar refractivity (Wildman–Crippen MR) is 84.8 cm³/mol. The van der Waals surface area contributed by atoms with E-state index < -0.39 is 11.2 Å². The zero-order chi connectivity index (χ0) is 15.8. The molecule has 0 aliphatic rings. The number of aromatic nitrogens is 2. The quantitative estimate of drug-likeness (QED) is 0.590. The topological polar surface area (TPSA) is 102 Å². The Hall–Kier alpha value is -1.76. The maximum atomic E-state index is 11.8. The minimum absolute atomic E-state index is 0.189. The van der Waals surface area contributed by atoms with Gasteiger partial charge in [0.1, 0.15) is 11.5 Å². The lowest BCUT2D eigenvalue weighted by Gasteiger charge is -2.13. The molecule has 0 spiro atoms. The van der Waals surface area contributed by atoms with Crippen molar-refractivity contribution in [1.29, 1.82) is 0 Å². The van der Waals surface area contributed by atoms with Crippen LogP contribution in [0, 0.1) is 5.92 Å². The number of anilines is 2. The van der Waals surface area contributed by atoms with Crippen molar-refractivity contribution in [1.82, 2.24) is 9.55 Å². The fourth-order valence-electron chi connectivity index (χ4n) is 1.91. The molecule has 0 saturated heterocycles. The number of nitrogens with one attached hydrogen (secondary N) is 2. The zero-order valence-electron chi connectivity index (χ0n) is 13.1. The van der Waals surface area contributed by atoms with E-state index in [1.807, 2.05) is 6.92 Å². The third-order valence-corrected chi connectivity index (χ3v) is 2.91. The number of rotatable bonds is 9. The van der Waals surface area contributed by atoms with Crippen LogP contribution in [0.25, 0.3) is 0 Å². The van der Waals surface area contributed by atoms with E-state index >= 15 is 0 Å². The lowest BCUT2D eigenvalue weighted by molar-refractivity contribution is 0.110. The van der Waals surface area contributed by atoms with Crippen molar-refractivity contribution < 1.29 is 4.74 Å². The normalized spacial score (nSPS) is 11.0. The second-order valence-electron chi connectivity index (χ2n) is 5.42. The molecule has 4 N–H and O–H groups in total. The van der Waals surface area contributed by atoms with Crippen molar-refractivity contribution in [3.8, 4) is 0 Å². The van der Waals surface area contributed by atoms with E-state index in [0.717, 1.165) is 19.4 Å². The summed E-state index contributed by atoms with van der Waals surface area (Å²) in [5.41, 5.74) is 5.21. The van der Waals surface area contributed by atoms with Crippen molar-refractivity contribution in [2.75, 3.05) is 30.8 Å². The maximum Gasteiger partial charge on any atom is 0.330 e. The third-order valence-electron chi connectivity index (χ3n) is 2.91. The highest BCUT2D eigenvalue weighted by Crippen LogP contribution is 2.10. The Labute approximate surface area is 124 Å². The van der Waals surface area contributed by atoms with Crippen molar-refractivity contribution in [2.24, 2.45) is 5.92 Å². The molecule has 0 aromatic carbocycles. The molecule has 0 bridgehead atoms. The Morgan fingerprint density at radius 3 is 2.71 bits per heavy atom. The van der Waals surface area contributed by atoms with Gasteiger partial charge in [-0.2, -0.15) is 0 Å². The van der Waals surface area contributed by atoms with E-state index in [1.165, 1.54) is 4.57 Å². The van der Waals surface area contributed by atoms with E-state index in [1.54, 1.807) is 0 Å². The molecule has 0 fully saturated rings. The van der Waals surface area contributed by atoms with Gasteiger partial charge in [0, 0.05) is 26.3 Å². The van der Waals surface area contributed by atoms with Crippen LogP contribution in [0.3, 0.4) is 0 Å². The van der Waals surface area contributed by atoms with Gasteiger partial charge in [0.2, 0.25) is 0 Å². The lowest BCUT2D eigenvalue weighted by Crippen LogP contribution is -2.34. The van der Waals surface area contributed by atoms with Crippen molar-refractivity contribution in [3.05, 3.63) is 20.8 Å². The van der Waals surface area contributed by atoms with Crippen LogP contribution in [0.2, 0.25) is 0 Å². The van der Waals surface area contributed by atoms with Gasteiger partial charge in [0.25, 0.3) is 5.56 Å². The molecule has 0 saturated carbocycles. The molecule has 0 aliphatic heterocycles. The summed E-state index contributed by atoms with van der Waals surface area (Å²) in [6.45, 7) is 8.52. The van der Waals surface area contributed by atoms with Gasteiger partial charge in [-0.3, -0.25) is 14.3 Å². The lowest BCUT2D eigenvalue weighted by atomic mass is 10.2. The monoisotopic (exact) mass is 298 g/mol. The SMILES string of the molecule is CCCn1c(N)c(NCCCOCC(C)C)c(=O)[nH]c1=O. The molecule has 1 heterocycles. The minimum atomic E-state index is -0.479. The van der Waals surface area contributed by atoms with Crippen LogP contribution >= 0.6 is 0 Å². The first-order valence-electron chi connectivity index (χ1n) is 7.41. The van der Waals surface area contributed by atoms with Gasteiger partial charge in [-0.15, -0.1) is 0 Å². The molecule has 1 aromatic heterocycles. The largest absolute Gasteiger partial charge is 0.383 e. The van der Waals surface area contributed by atoms with E-state index in [4.69, 9.17) is 10.5 Å². The number of hydrogen-bond acceptors (Lipinski definition) is 5. The number of nitrogens with zero attached hydrogens (tertiary/aromatic N) is 1. The van der Waals surface area contributed by atoms with Gasteiger partial charge < -0.3 is 15.8 Å². The van der Waals surface area contributed by atoms with Crippen LogP contribution in [0.4, 0.5) is 11.5 Å². The second-order valence-corrected chi connectivity index (χ2v) is 5.42. The summed E-state index contributed by atoms with van der Waals surface area (Å²) in [5, 5.41) is 2.99. The Morgan fingerprint density at radius 2 is 2.10 bits per heavy atom. The number of hydrogen-bond donors (Lipinski definition) is 3. The highest BCUT2D eigenvalue weighted by molar-refractivity contribution is 5.60. The molecule has 21 heavy (non-hydrogen) atoms. The van der Waals surface area contributed by atoms with Crippen LogP contribution < -0.4 is 22.3 Å². The Balaban J connectivity index is 2.61. The summed E-state index contributed by atoms with van der Waals surface area (Å²) in [6, 6.07) is 0. The summed E-state index contributed by atoms with van der Waals surface area (Å²) >= 11 is 0. The van der Waals surface area contributed by atoms with Crippen molar-refractivity contribution >= 4 is 11.5 Å². The van der Waals surface area contributed by atoms with Crippen molar-refractivity contribution in [2.45, 2.75) is 40.2 Å². The molecule has 0 aliphatic carbocycles. The smallest absolute Gasteiger partial charge is 0.330 e. The number of nitrogen functional groups attached to an aromatic ring is 1. The molecule has 120 valence electrons. The van der Waals surface area contributed by atoms with Crippen LogP contribution in [0.1, 0.15) is 33.6 Å². The molecular weight excluding hydrogens is 272 g/mol. The predicted octanol–water partition coefficient (Wildman–Crippen LogP) is 1.00. The molecule has 7 nitrogen and oxygen atoms in total. The number of ether oxygens (including phenoxy) is 1. The zero-order valence-corrected chi connectivity index (χ0v) is 13.1. The average molecular weight is 298 g/mol. The van der Waals surface area contributed by atoms with Crippen LogP contribution in [0.15, 0.2) is 9.59 Å². The molecule has 0 radical (unpaired) electrons. The van der Waals surface area contributed by atoms with Gasteiger partial charge >= 0.3 is 5.69 Å². The summed E-state index contributed by atoms with van der Waals surface area (Å²) in [7, 11) is 0. The molecule has 1 aromatic rings. The van der Waals surface area contributed by atoms with Gasteiger partial charge in [-0.25, -0.2) is 4.79 Å². The molecule has 0 unspecified atom stereocenters. The fourth-order valence-corrected chi connectivity index (χ4v) is 1.91. The summed E-state index contributed by atoms with van der Waals surface area (Å²) in [6.07, 6.45) is 1.52. The van der Waals surface area contributed by atoms with Crippen LogP contribution in [-0.2, 0) is 11.3 Å². The maximum absolute atomic E-state index is 11.8. The highest BCUT2D eigenvalue weighted by Gasteiger charge is 2.10. The van der Waals surface area contributed by atoms with Gasteiger partial charge in [-0.05, 0) is 18.8 Å². The molecule has 1 rings (SSSR count). The summed E-state index contributed by atoms with van der Waals surface area (Å²) < 4.78 is 6.84. The summed E-state index contributed by atoms with van der Waals surface area (Å²) in [5.74, 6) is 0.697. The Morgan fingerprint density at radius 1 is 1.38 bits per heavy atom. The first-order chi connectivity index (χ1) is 9.97. The Bertz CT molecular complexity index is 548. The standard InChI is InChI=1S/C14H26N4O3/c1-4-7-18-12(15)11(13(19)17-14(18)20)16-6-5-8-21-9-10(2)3/h10,16H,4-9,15H2,1-3H3,(H,17,19,20). The highest BCUT2D eigenvalue weighted by atomic mass is 16.5. The molecular formula is C14H26N4O3. The fraction of sp³-hybridized carbons (Fsp3) is 0.714. The van der Waals surface area contributed by atoms with Crippen LogP contribution in [-0.4, -0.2) is 29.3 Å². The van der Waals surface area contributed by atoms with Gasteiger partial charge in [0.05, 0.1) is 0 Å². The van der Waals surface area contributed by atoms with Gasteiger partial charge in [-0.1, -0.05) is 20.8 Å². The first-order valence-corrected chi connectivity index (χ1v) is 7.41.